The predicted octanol–water partition coefficient (Wildman–Crippen LogP) is 2.81. The number of hydrogen-bond acceptors (Lipinski definition) is 2. The van der Waals surface area contributed by atoms with Crippen LogP contribution in [-0.4, -0.2) is 12.1 Å². The first-order chi connectivity index (χ1) is 5.74. The van der Waals surface area contributed by atoms with Gasteiger partial charge in [-0.25, -0.2) is 0 Å². The number of aryl methyl sites for hydroxylation is 1. The average Bonchev–Trinajstić information content (AvgIpc) is 2.07. The Morgan fingerprint density at radius 1 is 1.33 bits per heavy atom. The molecule has 1 rings (SSSR count). The molecule has 0 N–H and O–H groups in total. The molecule has 0 saturated heterocycles. The summed E-state index contributed by atoms with van der Waals surface area (Å²) < 4.78 is 4.91. The Morgan fingerprint density at radius 2 is 1.92 bits per heavy atom. The van der Waals surface area contributed by atoms with E-state index in [0.29, 0.717) is 0 Å². The summed E-state index contributed by atoms with van der Waals surface area (Å²) in [4.78, 5) is 4.02. The molecule has 0 unspecified atom stereocenters. The standard InChI is InChI=1S/C7H9NO.C3H8/c1-6-3-4-7(9-2)5-8-6;1-3-2/h3-5H,1-2H3;3H2,1-2H3. The molecule has 0 bridgehead atoms. The van der Waals surface area contributed by atoms with E-state index in [4.69, 9.17) is 4.74 Å². The molecule has 2 nitrogen and oxygen atoms in total. The van der Waals surface area contributed by atoms with Crippen molar-refractivity contribution in [2.75, 3.05) is 7.11 Å². The molecule has 0 aromatic carbocycles. The first-order valence-electron chi connectivity index (χ1n) is 4.21. The minimum Gasteiger partial charge on any atom is -0.495 e. The Bertz CT molecular complexity index is 193. The molecule has 12 heavy (non-hydrogen) atoms. The summed E-state index contributed by atoms with van der Waals surface area (Å²) in [7, 11) is 1.63. The van der Waals surface area contributed by atoms with Gasteiger partial charge in [-0.2, -0.15) is 0 Å². The minimum absolute atomic E-state index is 0.806. The Hall–Kier alpha value is -1.05. The van der Waals surface area contributed by atoms with E-state index in [9.17, 15) is 0 Å². The van der Waals surface area contributed by atoms with E-state index < -0.39 is 0 Å². The minimum atomic E-state index is 0.806. The zero-order chi connectivity index (χ0) is 9.40. The maximum absolute atomic E-state index is 4.91. The van der Waals surface area contributed by atoms with Crippen molar-refractivity contribution >= 4 is 0 Å². The highest BCUT2D eigenvalue weighted by atomic mass is 16.5. The summed E-state index contributed by atoms with van der Waals surface area (Å²) >= 11 is 0. The number of rotatable bonds is 1. The molecule has 0 radical (unpaired) electrons. The van der Waals surface area contributed by atoms with Crippen LogP contribution in [0.5, 0.6) is 5.75 Å². The number of aromatic nitrogens is 1. The molecule has 0 saturated carbocycles. The van der Waals surface area contributed by atoms with Gasteiger partial charge in [0.1, 0.15) is 5.75 Å². The van der Waals surface area contributed by atoms with Gasteiger partial charge in [0, 0.05) is 5.69 Å². The molecule has 68 valence electrons. The van der Waals surface area contributed by atoms with Crippen LogP contribution in [0.15, 0.2) is 18.3 Å². The third-order valence-electron chi connectivity index (χ3n) is 1.12. The average molecular weight is 167 g/mol. The highest BCUT2D eigenvalue weighted by Crippen LogP contribution is 2.06. The molecule has 1 aromatic heterocycles. The lowest BCUT2D eigenvalue weighted by atomic mass is 10.4. The first-order valence-corrected chi connectivity index (χ1v) is 4.21. The zero-order valence-electron chi connectivity index (χ0n) is 8.29. The van der Waals surface area contributed by atoms with E-state index in [2.05, 4.69) is 18.8 Å². The SMILES string of the molecule is CCC.COc1ccc(C)nc1. The van der Waals surface area contributed by atoms with Crippen LogP contribution in [0.1, 0.15) is 26.0 Å². The molecule has 1 heterocycles. The lowest BCUT2D eigenvalue weighted by molar-refractivity contribution is 0.412. The Morgan fingerprint density at radius 3 is 2.25 bits per heavy atom. The zero-order valence-corrected chi connectivity index (χ0v) is 8.29. The van der Waals surface area contributed by atoms with Gasteiger partial charge in [0.15, 0.2) is 0 Å². The quantitative estimate of drug-likeness (QED) is 0.641. The lowest BCUT2D eigenvalue weighted by Crippen LogP contribution is -1.84. The van der Waals surface area contributed by atoms with Gasteiger partial charge in [-0.05, 0) is 19.1 Å². The van der Waals surface area contributed by atoms with Crippen LogP contribution in [-0.2, 0) is 0 Å². The summed E-state index contributed by atoms with van der Waals surface area (Å²) in [5, 5.41) is 0. The highest BCUT2D eigenvalue weighted by molar-refractivity contribution is 5.18. The monoisotopic (exact) mass is 167 g/mol. The maximum atomic E-state index is 4.91. The molecule has 0 spiro atoms. The van der Waals surface area contributed by atoms with Crippen molar-refractivity contribution in [2.24, 2.45) is 0 Å². The van der Waals surface area contributed by atoms with Crippen molar-refractivity contribution in [1.29, 1.82) is 0 Å². The van der Waals surface area contributed by atoms with E-state index in [0.717, 1.165) is 11.4 Å². The van der Waals surface area contributed by atoms with Gasteiger partial charge in [-0.3, -0.25) is 4.98 Å². The third kappa shape index (κ3) is 4.72. The number of ether oxygens (including phenoxy) is 1. The van der Waals surface area contributed by atoms with Gasteiger partial charge in [0.05, 0.1) is 13.3 Å². The van der Waals surface area contributed by atoms with Crippen molar-refractivity contribution in [3.63, 3.8) is 0 Å². The van der Waals surface area contributed by atoms with Crippen molar-refractivity contribution in [2.45, 2.75) is 27.2 Å². The van der Waals surface area contributed by atoms with E-state index in [1.165, 1.54) is 6.42 Å². The Labute approximate surface area is 74.6 Å². The van der Waals surface area contributed by atoms with Crippen molar-refractivity contribution < 1.29 is 4.74 Å². The Kier molecular flexibility index (Phi) is 6.07. The largest absolute Gasteiger partial charge is 0.495 e. The van der Waals surface area contributed by atoms with Crippen molar-refractivity contribution in [3.8, 4) is 5.75 Å². The van der Waals surface area contributed by atoms with Crippen molar-refractivity contribution in [1.82, 2.24) is 4.98 Å². The summed E-state index contributed by atoms with van der Waals surface area (Å²) in [6.45, 7) is 6.19. The van der Waals surface area contributed by atoms with Gasteiger partial charge in [-0.15, -0.1) is 0 Å². The molecule has 0 atom stereocenters. The second-order valence-corrected chi connectivity index (χ2v) is 2.55. The molecule has 0 amide bonds. The first kappa shape index (κ1) is 11.0. The number of hydrogen-bond donors (Lipinski definition) is 0. The summed E-state index contributed by atoms with van der Waals surface area (Å²) in [5.74, 6) is 0.806. The van der Waals surface area contributed by atoms with Crippen LogP contribution < -0.4 is 4.74 Å². The molecule has 0 aliphatic heterocycles. The van der Waals surface area contributed by atoms with Gasteiger partial charge >= 0.3 is 0 Å². The smallest absolute Gasteiger partial charge is 0.137 e. The summed E-state index contributed by atoms with van der Waals surface area (Å²) in [5.41, 5.74) is 1.01. The van der Waals surface area contributed by atoms with E-state index in [1.54, 1.807) is 13.3 Å². The number of methoxy groups -OCH3 is 1. The fourth-order valence-electron chi connectivity index (χ4n) is 0.575. The van der Waals surface area contributed by atoms with Crippen molar-refractivity contribution in [3.05, 3.63) is 24.0 Å². The third-order valence-corrected chi connectivity index (χ3v) is 1.12. The second kappa shape index (κ2) is 6.65. The lowest BCUT2D eigenvalue weighted by Gasteiger charge is -1.96. The van der Waals surface area contributed by atoms with Gasteiger partial charge in [0.2, 0.25) is 0 Å². The number of nitrogens with zero attached hydrogens (tertiary/aromatic N) is 1. The van der Waals surface area contributed by atoms with Crippen LogP contribution in [0.3, 0.4) is 0 Å². The van der Waals surface area contributed by atoms with Crippen LogP contribution >= 0.6 is 0 Å². The van der Waals surface area contributed by atoms with E-state index >= 15 is 0 Å². The van der Waals surface area contributed by atoms with Crippen LogP contribution in [0.4, 0.5) is 0 Å². The van der Waals surface area contributed by atoms with Gasteiger partial charge in [-0.1, -0.05) is 20.3 Å². The molecule has 2 heteroatoms. The fraction of sp³-hybridized carbons (Fsp3) is 0.500. The van der Waals surface area contributed by atoms with Crippen LogP contribution in [0, 0.1) is 6.92 Å². The normalized spacial score (nSPS) is 8.33. The summed E-state index contributed by atoms with van der Waals surface area (Å²) in [6.07, 6.45) is 2.95. The number of pyridine rings is 1. The molecule has 0 aliphatic carbocycles. The topological polar surface area (TPSA) is 22.1 Å². The summed E-state index contributed by atoms with van der Waals surface area (Å²) in [6, 6.07) is 3.81. The van der Waals surface area contributed by atoms with Crippen LogP contribution in [0.25, 0.3) is 0 Å². The Balaban J connectivity index is 0.000000354. The van der Waals surface area contributed by atoms with E-state index in [1.807, 2.05) is 19.1 Å². The van der Waals surface area contributed by atoms with Gasteiger partial charge in [0.25, 0.3) is 0 Å². The molecule has 0 fully saturated rings. The maximum Gasteiger partial charge on any atom is 0.137 e. The second-order valence-electron chi connectivity index (χ2n) is 2.55. The molecule has 1 aromatic rings. The molecular weight excluding hydrogens is 150 g/mol. The fourth-order valence-corrected chi connectivity index (χ4v) is 0.575. The van der Waals surface area contributed by atoms with E-state index in [-0.39, 0.29) is 0 Å². The molecular formula is C10H17NO. The van der Waals surface area contributed by atoms with Gasteiger partial charge < -0.3 is 4.74 Å². The van der Waals surface area contributed by atoms with Crippen LogP contribution in [0.2, 0.25) is 0 Å². The molecule has 0 aliphatic rings. The predicted molar refractivity (Wildman–Crippen MR) is 51.5 cm³/mol. The highest BCUT2D eigenvalue weighted by Gasteiger charge is 1.86.